The summed E-state index contributed by atoms with van der Waals surface area (Å²) in [6.45, 7) is 0. The smallest absolute Gasteiger partial charge is 0.142 e. The van der Waals surface area contributed by atoms with E-state index in [1.807, 2.05) is 12.1 Å². The van der Waals surface area contributed by atoms with Crippen LogP contribution in [0.3, 0.4) is 0 Å². The molecule has 8 heteroatoms. The summed E-state index contributed by atoms with van der Waals surface area (Å²) < 4.78 is 12.1. The van der Waals surface area contributed by atoms with Crippen molar-refractivity contribution in [2.45, 2.75) is 0 Å². The van der Waals surface area contributed by atoms with E-state index in [1.165, 1.54) is 0 Å². The van der Waals surface area contributed by atoms with Gasteiger partial charge in [-0.25, -0.2) is 0 Å². The fourth-order valence-corrected chi connectivity index (χ4v) is 5.84. The predicted molar refractivity (Wildman–Crippen MR) is 134 cm³/mol. The third-order valence-corrected chi connectivity index (χ3v) is 7.59. The lowest BCUT2D eigenvalue weighted by Gasteiger charge is -2.15. The van der Waals surface area contributed by atoms with E-state index in [0.29, 0.717) is 31.6 Å². The standard InChI is InChI=1S/C22H14Cl4O2P2/c23-14-6-8-19(17(25)11-14)27-29-21-10-5-13-3-1-2-4-16(13)22(21)30-28-20-9-7-15(24)12-18(20)26/h1-12,29-30H. The average molecular weight is 514 g/mol. The second-order valence-electron chi connectivity index (χ2n) is 6.27. The normalized spacial score (nSPS) is 11.7. The fourth-order valence-electron chi connectivity index (χ4n) is 2.80. The van der Waals surface area contributed by atoms with Gasteiger partial charge in [0.25, 0.3) is 0 Å². The van der Waals surface area contributed by atoms with Gasteiger partial charge in [-0.1, -0.05) is 82.8 Å². The van der Waals surface area contributed by atoms with Crippen LogP contribution in [0.25, 0.3) is 10.8 Å². The summed E-state index contributed by atoms with van der Waals surface area (Å²) in [5.74, 6) is 1.17. The molecule has 152 valence electrons. The fraction of sp³-hybridized carbons (Fsp3) is 0. The van der Waals surface area contributed by atoms with Crippen molar-refractivity contribution in [3.8, 4) is 11.5 Å². The van der Waals surface area contributed by atoms with Gasteiger partial charge in [0.05, 0.1) is 10.0 Å². The summed E-state index contributed by atoms with van der Waals surface area (Å²) in [6, 6.07) is 22.7. The summed E-state index contributed by atoms with van der Waals surface area (Å²) >= 11 is 24.5. The second kappa shape index (κ2) is 9.92. The maximum Gasteiger partial charge on any atom is 0.142 e. The van der Waals surface area contributed by atoms with Crippen molar-refractivity contribution in [1.29, 1.82) is 0 Å². The molecule has 0 saturated heterocycles. The third-order valence-electron chi connectivity index (χ3n) is 4.25. The van der Waals surface area contributed by atoms with Crippen LogP contribution in [0.4, 0.5) is 0 Å². The van der Waals surface area contributed by atoms with Gasteiger partial charge in [0.1, 0.15) is 29.1 Å². The molecule has 2 atom stereocenters. The summed E-state index contributed by atoms with van der Waals surface area (Å²) in [5, 5.41) is 6.41. The van der Waals surface area contributed by atoms with Crippen LogP contribution in [0.15, 0.2) is 72.8 Å². The largest absolute Gasteiger partial charge is 0.471 e. The van der Waals surface area contributed by atoms with E-state index in [4.69, 9.17) is 55.5 Å². The Labute approximate surface area is 198 Å². The van der Waals surface area contributed by atoms with Crippen LogP contribution >= 0.6 is 64.0 Å². The molecule has 0 aromatic heterocycles. The second-order valence-corrected chi connectivity index (χ2v) is 9.81. The number of fused-ring (bicyclic) bond motifs is 1. The summed E-state index contributed by atoms with van der Waals surface area (Å²) in [7, 11) is 0.0811. The van der Waals surface area contributed by atoms with Gasteiger partial charge in [-0.05, 0) is 47.2 Å². The van der Waals surface area contributed by atoms with Crippen LogP contribution < -0.4 is 19.7 Å². The molecule has 2 nitrogen and oxygen atoms in total. The Morgan fingerprint density at radius 2 is 1.20 bits per heavy atom. The Hall–Kier alpha value is -1.24. The van der Waals surface area contributed by atoms with Gasteiger partial charge in [0.2, 0.25) is 0 Å². The Kier molecular flexibility index (Phi) is 7.27. The van der Waals surface area contributed by atoms with Crippen LogP contribution in [-0.2, 0) is 0 Å². The topological polar surface area (TPSA) is 18.5 Å². The molecule has 0 amide bonds. The van der Waals surface area contributed by atoms with Crippen molar-refractivity contribution in [1.82, 2.24) is 0 Å². The molecule has 0 heterocycles. The van der Waals surface area contributed by atoms with Crippen LogP contribution in [0.1, 0.15) is 0 Å². The van der Waals surface area contributed by atoms with E-state index in [2.05, 4.69) is 24.3 Å². The van der Waals surface area contributed by atoms with E-state index < -0.39 is 0 Å². The maximum absolute atomic E-state index is 6.27. The summed E-state index contributed by atoms with van der Waals surface area (Å²) in [4.78, 5) is 0. The lowest BCUT2D eigenvalue weighted by Crippen LogP contribution is -2.18. The highest BCUT2D eigenvalue weighted by molar-refractivity contribution is 7.50. The Balaban J connectivity index is 1.63. The van der Waals surface area contributed by atoms with Crippen molar-refractivity contribution >= 4 is 85.4 Å². The molecule has 0 aliphatic rings. The zero-order chi connectivity index (χ0) is 21.1. The molecule has 2 unspecified atom stereocenters. The maximum atomic E-state index is 6.27. The third kappa shape index (κ3) is 5.14. The monoisotopic (exact) mass is 512 g/mol. The molecular formula is C22H14Cl4O2P2. The van der Waals surface area contributed by atoms with Crippen molar-refractivity contribution in [3.05, 3.63) is 92.9 Å². The van der Waals surface area contributed by atoms with Crippen LogP contribution in [-0.4, -0.2) is 0 Å². The molecule has 0 aliphatic carbocycles. The molecule has 0 fully saturated rings. The average Bonchev–Trinajstić information content (AvgIpc) is 2.73. The zero-order valence-corrected chi connectivity index (χ0v) is 20.3. The number of benzene rings is 4. The van der Waals surface area contributed by atoms with Crippen molar-refractivity contribution in [2.24, 2.45) is 0 Å². The highest BCUT2D eigenvalue weighted by atomic mass is 35.5. The molecule has 0 bridgehead atoms. The van der Waals surface area contributed by atoms with Crippen LogP contribution in [0.2, 0.25) is 20.1 Å². The van der Waals surface area contributed by atoms with Crippen molar-refractivity contribution in [3.63, 3.8) is 0 Å². The van der Waals surface area contributed by atoms with Gasteiger partial charge in [-0.3, -0.25) is 0 Å². The highest BCUT2D eigenvalue weighted by Crippen LogP contribution is 2.35. The minimum atomic E-state index is 0.0358. The molecule has 0 N–H and O–H groups in total. The van der Waals surface area contributed by atoms with Crippen LogP contribution in [0.5, 0.6) is 11.5 Å². The molecular weight excluding hydrogens is 500 g/mol. The summed E-state index contributed by atoms with van der Waals surface area (Å²) in [5.41, 5.74) is 0. The molecule has 4 aromatic rings. The van der Waals surface area contributed by atoms with Gasteiger partial charge in [0.15, 0.2) is 0 Å². The number of hydrogen-bond donors (Lipinski definition) is 0. The van der Waals surface area contributed by atoms with Crippen LogP contribution in [0, 0.1) is 0 Å². The molecule has 0 radical (unpaired) electrons. The lowest BCUT2D eigenvalue weighted by atomic mass is 10.1. The molecule has 0 saturated carbocycles. The van der Waals surface area contributed by atoms with E-state index in [0.717, 1.165) is 21.4 Å². The van der Waals surface area contributed by atoms with Gasteiger partial charge >= 0.3 is 0 Å². The quantitative estimate of drug-likeness (QED) is 0.243. The number of rotatable bonds is 6. The van der Waals surface area contributed by atoms with E-state index in [9.17, 15) is 0 Å². The SMILES string of the molecule is Clc1ccc(OPc2ccc3ccccc3c2POc2ccc(Cl)cc2Cl)c(Cl)c1. The van der Waals surface area contributed by atoms with Gasteiger partial charge in [0, 0.05) is 20.7 Å². The van der Waals surface area contributed by atoms with E-state index in [1.54, 1.807) is 36.4 Å². The lowest BCUT2D eigenvalue weighted by molar-refractivity contribution is 0.636. The predicted octanol–water partition coefficient (Wildman–Crippen LogP) is 8.05. The van der Waals surface area contributed by atoms with Gasteiger partial charge in [-0.15, -0.1) is 0 Å². The first-order valence-corrected chi connectivity index (χ1v) is 12.1. The molecule has 4 rings (SSSR count). The minimum Gasteiger partial charge on any atom is -0.471 e. The molecule has 0 spiro atoms. The van der Waals surface area contributed by atoms with Crippen molar-refractivity contribution < 1.29 is 9.05 Å². The number of hydrogen-bond acceptors (Lipinski definition) is 2. The first-order chi connectivity index (χ1) is 14.5. The Morgan fingerprint density at radius 3 is 1.83 bits per heavy atom. The molecule has 4 aromatic carbocycles. The van der Waals surface area contributed by atoms with Gasteiger partial charge < -0.3 is 9.05 Å². The first kappa shape index (κ1) is 22.0. The number of halogens is 4. The molecule has 30 heavy (non-hydrogen) atoms. The Bertz CT molecular complexity index is 1220. The van der Waals surface area contributed by atoms with Crippen molar-refractivity contribution in [2.75, 3.05) is 0 Å². The highest BCUT2D eigenvalue weighted by Gasteiger charge is 2.13. The minimum absolute atomic E-state index is 0.0358. The van der Waals surface area contributed by atoms with E-state index in [-0.39, 0.29) is 17.6 Å². The van der Waals surface area contributed by atoms with E-state index >= 15 is 0 Å². The summed E-state index contributed by atoms with van der Waals surface area (Å²) in [6.07, 6.45) is 0. The Morgan fingerprint density at radius 1 is 0.600 bits per heavy atom. The first-order valence-electron chi connectivity index (χ1n) is 8.79. The molecule has 0 aliphatic heterocycles. The van der Waals surface area contributed by atoms with Gasteiger partial charge in [-0.2, -0.15) is 0 Å². The zero-order valence-electron chi connectivity index (χ0n) is 15.3.